The van der Waals surface area contributed by atoms with Gasteiger partial charge < -0.3 is 4.79 Å². The molecule has 11 heavy (non-hydrogen) atoms. The smallest absolute Gasteiger partial charge is 0.132 e. The molecule has 1 rings (SSSR count). The van der Waals surface area contributed by atoms with Crippen molar-refractivity contribution >= 4 is 28.9 Å². The van der Waals surface area contributed by atoms with E-state index in [9.17, 15) is 4.79 Å². The van der Waals surface area contributed by atoms with Crippen LogP contribution in [0.4, 0.5) is 0 Å². The van der Waals surface area contributed by atoms with E-state index < -0.39 is 0 Å². The summed E-state index contributed by atoms with van der Waals surface area (Å²) in [4.78, 5) is 10.4. The van der Waals surface area contributed by atoms with Gasteiger partial charge in [0.2, 0.25) is 0 Å². The van der Waals surface area contributed by atoms with Crippen LogP contribution in [0.25, 0.3) is 0 Å². The minimum atomic E-state index is 0.260. The fourth-order valence-electron chi connectivity index (χ4n) is 1.80. The van der Waals surface area contributed by atoms with Gasteiger partial charge in [0.05, 0.1) is 3.92 Å². The number of carbonyl (C=O) groups excluding carboxylic acids is 1. The molecule has 0 aromatic heterocycles. The van der Waals surface area contributed by atoms with Crippen molar-refractivity contribution in [1.82, 2.24) is 0 Å². The maximum absolute atomic E-state index is 10.4. The number of rotatable bonds is 3. The summed E-state index contributed by atoms with van der Waals surface area (Å²) in [6, 6.07) is 0. The van der Waals surface area contributed by atoms with Crippen LogP contribution in [0.1, 0.15) is 38.5 Å². The molecule has 1 atom stereocenters. The first-order valence-electron chi connectivity index (χ1n) is 4.42. The fourth-order valence-corrected chi connectivity index (χ4v) is 2.52. The van der Waals surface area contributed by atoms with Gasteiger partial charge in [0.15, 0.2) is 0 Å². The van der Waals surface area contributed by atoms with Crippen LogP contribution in [0, 0.1) is 5.92 Å². The van der Waals surface area contributed by atoms with Gasteiger partial charge in [0, 0.05) is 0 Å². The lowest BCUT2D eigenvalue weighted by molar-refractivity contribution is -0.107. The van der Waals surface area contributed by atoms with Crippen molar-refractivity contribution in [3.8, 4) is 0 Å². The maximum Gasteiger partial charge on any atom is 0.132 e. The Bertz CT molecular complexity index is 119. The van der Waals surface area contributed by atoms with Crippen molar-refractivity contribution in [2.24, 2.45) is 5.92 Å². The van der Waals surface area contributed by atoms with E-state index in [1.807, 2.05) is 0 Å². The molecule has 1 aliphatic rings. The van der Waals surface area contributed by atoms with E-state index >= 15 is 0 Å². The SMILES string of the molecule is O=C[C@H](I)CC1CCCCC1. The van der Waals surface area contributed by atoms with Gasteiger partial charge in [0.1, 0.15) is 6.29 Å². The maximum atomic E-state index is 10.4. The minimum absolute atomic E-state index is 0.260. The van der Waals surface area contributed by atoms with E-state index in [1.165, 1.54) is 32.1 Å². The standard InChI is InChI=1S/C9H15IO/c10-9(7-11)6-8-4-2-1-3-5-8/h7-9H,1-6H2/t9-/m1/s1. The largest absolute Gasteiger partial charge is 0.302 e. The molecule has 1 nitrogen and oxygen atoms in total. The lowest BCUT2D eigenvalue weighted by atomic mass is 9.86. The van der Waals surface area contributed by atoms with Gasteiger partial charge in [-0.1, -0.05) is 54.7 Å². The summed E-state index contributed by atoms with van der Waals surface area (Å²) >= 11 is 2.24. The predicted molar refractivity (Wildman–Crippen MR) is 55.1 cm³/mol. The second kappa shape index (κ2) is 5.12. The molecule has 1 fully saturated rings. The number of halogens is 1. The second-order valence-electron chi connectivity index (χ2n) is 3.39. The van der Waals surface area contributed by atoms with Gasteiger partial charge in [-0.15, -0.1) is 0 Å². The molecule has 0 aliphatic heterocycles. The Morgan fingerprint density at radius 2 is 2.00 bits per heavy atom. The van der Waals surface area contributed by atoms with Crippen LogP contribution in [0.15, 0.2) is 0 Å². The zero-order valence-corrected chi connectivity index (χ0v) is 8.92. The summed E-state index contributed by atoms with van der Waals surface area (Å²) in [6.07, 6.45) is 9.07. The Labute approximate surface area is 82.1 Å². The number of alkyl halides is 1. The summed E-state index contributed by atoms with van der Waals surface area (Å²) in [5.41, 5.74) is 0. The third kappa shape index (κ3) is 3.54. The molecule has 0 aromatic carbocycles. The van der Waals surface area contributed by atoms with Crippen LogP contribution in [0.3, 0.4) is 0 Å². The first kappa shape index (κ1) is 9.49. The van der Waals surface area contributed by atoms with E-state index in [0.717, 1.165) is 18.6 Å². The second-order valence-corrected chi connectivity index (χ2v) is 4.99. The topological polar surface area (TPSA) is 17.1 Å². The highest BCUT2D eigenvalue weighted by molar-refractivity contribution is 14.1. The highest BCUT2D eigenvalue weighted by Gasteiger charge is 2.16. The molecule has 0 heterocycles. The molecule has 1 saturated carbocycles. The normalized spacial score (nSPS) is 23.0. The van der Waals surface area contributed by atoms with Gasteiger partial charge >= 0.3 is 0 Å². The fraction of sp³-hybridized carbons (Fsp3) is 0.889. The summed E-state index contributed by atoms with van der Waals surface area (Å²) in [7, 11) is 0. The van der Waals surface area contributed by atoms with Crippen molar-refractivity contribution in [2.75, 3.05) is 0 Å². The highest BCUT2D eigenvalue weighted by Crippen LogP contribution is 2.28. The number of hydrogen-bond donors (Lipinski definition) is 0. The quantitative estimate of drug-likeness (QED) is 0.436. The third-order valence-electron chi connectivity index (χ3n) is 2.43. The molecule has 0 aromatic rings. The van der Waals surface area contributed by atoms with Gasteiger partial charge in [-0.3, -0.25) is 0 Å². The first-order valence-corrected chi connectivity index (χ1v) is 5.67. The van der Waals surface area contributed by atoms with Crippen LogP contribution in [0.2, 0.25) is 0 Å². The van der Waals surface area contributed by atoms with Crippen LogP contribution < -0.4 is 0 Å². The van der Waals surface area contributed by atoms with E-state index in [4.69, 9.17) is 0 Å². The number of aldehydes is 1. The highest BCUT2D eigenvalue weighted by atomic mass is 127. The molecule has 1 aliphatic carbocycles. The molecule has 0 unspecified atom stereocenters. The third-order valence-corrected chi connectivity index (χ3v) is 3.23. The van der Waals surface area contributed by atoms with Crippen LogP contribution in [-0.4, -0.2) is 10.2 Å². The Morgan fingerprint density at radius 1 is 1.36 bits per heavy atom. The average Bonchev–Trinajstić information content (AvgIpc) is 2.06. The first-order chi connectivity index (χ1) is 5.33. The van der Waals surface area contributed by atoms with Crippen molar-refractivity contribution < 1.29 is 4.79 Å². The van der Waals surface area contributed by atoms with Gasteiger partial charge in [-0.2, -0.15) is 0 Å². The average molecular weight is 266 g/mol. The molecular formula is C9H15IO. The summed E-state index contributed by atoms with van der Waals surface area (Å²) in [5.74, 6) is 0.843. The monoisotopic (exact) mass is 266 g/mol. The number of hydrogen-bond acceptors (Lipinski definition) is 1. The van der Waals surface area contributed by atoms with E-state index in [1.54, 1.807) is 0 Å². The van der Waals surface area contributed by atoms with E-state index in [0.29, 0.717) is 0 Å². The van der Waals surface area contributed by atoms with E-state index in [2.05, 4.69) is 22.6 Å². The molecule has 0 radical (unpaired) electrons. The van der Waals surface area contributed by atoms with Gasteiger partial charge in [0.25, 0.3) is 0 Å². The van der Waals surface area contributed by atoms with Crippen molar-refractivity contribution in [2.45, 2.75) is 42.4 Å². The zero-order valence-electron chi connectivity index (χ0n) is 6.76. The lowest BCUT2D eigenvalue weighted by Gasteiger charge is -2.21. The molecule has 0 amide bonds. The van der Waals surface area contributed by atoms with Crippen LogP contribution in [-0.2, 0) is 4.79 Å². The molecule has 2 heteroatoms. The van der Waals surface area contributed by atoms with Crippen molar-refractivity contribution in [3.63, 3.8) is 0 Å². The Kier molecular flexibility index (Phi) is 4.41. The van der Waals surface area contributed by atoms with Gasteiger partial charge in [-0.25, -0.2) is 0 Å². The van der Waals surface area contributed by atoms with E-state index in [-0.39, 0.29) is 3.92 Å². The minimum Gasteiger partial charge on any atom is -0.302 e. The Morgan fingerprint density at radius 3 is 2.55 bits per heavy atom. The Hall–Kier alpha value is 0.400. The van der Waals surface area contributed by atoms with Gasteiger partial charge in [-0.05, 0) is 12.3 Å². The van der Waals surface area contributed by atoms with Crippen molar-refractivity contribution in [1.29, 1.82) is 0 Å². The molecule has 0 saturated heterocycles. The Balaban J connectivity index is 2.18. The van der Waals surface area contributed by atoms with Crippen LogP contribution >= 0.6 is 22.6 Å². The predicted octanol–water partition coefficient (Wildman–Crippen LogP) is 2.96. The molecule has 0 N–H and O–H groups in total. The summed E-state index contributed by atoms with van der Waals surface area (Å²) in [6.45, 7) is 0. The zero-order chi connectivity index (χ0) is 8.10. The molecule has 0 bridgehead atoms. The van der Waals surface area contributed by atoms with Crippen molar-refractivity contribution in [3.05, 3.63) is 0 Å². The number of carbonyl (C=O) groups is 1. The van der Waals surface area contributed by atoms with Crippen LogP contribution in [0.5, 0.6) is 0 Å². The summed E-state index contributed by atoms with van der Waals surface area (Å²) < 4.78 is 0.260. The lowest BCUT2D eigenvalue weighted by Crippen LogP contribution is -2.12. The molecule has 0 spiro atoms. The molecule has 64 valence electrons. The molecular weight excluding hydrogens is 251 g/mol. The summed E-state index contributed by atoms with van der Waals surface area (Å²) in [5, 5.41) is 0.